The predicted molar refractivity (Wildman–Crippen MR) is 23.5 cm³/mol. The van der Waals surface area contributed by atoms with Gasteiger partial charge in [-0.05, 0) is 0 Å². The van der Waals surface area contributed by atoms with Crippen LogP contribution in [0.3, 0.4) is 0 Å². The molecular weight excluding hydrogens is 98.8 g/mol. The molecule has 0 spiro atoms. The van der Waals surface area contributed by atoms with Gasteiger partial charge in [-0.25, -0.2) is 4.89 Å². The molecule has 0 aliphatic rings. The van der Waals surface area contributed by atoms with Crippen LogP contribution in [0.1, 0.15) is 0 Å². The van der Waals surface area contributed by atoms with Crippen LogP contribution < -0.4 is 0 Å². The molecule has 5 heteroatoms. The summed E-state index contributed by atoms with van der Waals surface area (Å²) in [6.45, 7) is 0.000556. The van der Waals surface area contributed by atoms with Gasteiger partial charge in [-0.15, -0.1) is 0 Å². The standard InChI is InChI=1S/C2H7BO4/c4-1-2-6-7-3-5/h3-5H,1-2H2. The van der Waals surface area contributed by atoms with Gasteiger partial charge in [0.25, 0.3) is 0 Å². The van der Waals surface area contributed by atoms with Crippen molar-refractivity contribution in [3.8, 4) is 0 Å². The van der Waals surface area contributed by atoms with E-state index in [1.165, 1.54) is 0 Å². The summed E-state index contributed by atoms with van der Waals surface area (Å²) in [5, 5.41) is 15.9. The van der Waals surface area contributed by atoms with Gasteiger partial charge in [-0.2, -0.15) is 0 Å². The molecule has 0 radical (unpaired) electrons. The van der Waals surface area contributed by atoms with Crippen molar-refractivity contribution in [2.45, 2.75) is 0 Å². The van der Waals surface area contributed by atoms with Crippen molar-refractivity contribution in [1.82, 2.24) is 0 Å². The number of aliphatic hydroxyl groups is 1. The molecule has 0 unspecified atom stereocenters. The molecule has 0 bridgehead atoms. The van der Waals surface area contributed by atoms with E-state index in [4.69, 9.17) is 10.1 Å². The minimum atomic E-state index is -0.472. The van der Waals surface area contributed by atoms with Crippen LogP contribution in [0, 0.1) is 0 Å². The summed E-state index contributed by atoms with van der Waals surface area (Å²) in [7, 11) is -0.472. The van der Waals surface area contributed by atoms with Crippen LogP contribution in [0.2, 0.25) is 0 Å². The summed E-state index contributed by atoms with van der Waals surface area (Å²) in [6.07, 6.45) is 0. The molecule has 0 heterocycles. The average molecular weight is 106 g/mol. The third kappa shape index (κ3) is 5.90. The maximum absolute atomic E-state index is 8.01. The molecule has 0 saturated heterocycles. The van der Waals surface area contributed by atoms with Crippen molar-refractivity contribution in [2.75, 3.05) is 13.2 Å². The first-order chi connectivity index (χ1) is 3.41. The molecule has 0 aliphatic carbocycles. The van der Waals surface area contributed by atoms with Gasteiger partial charge in [-0.1, -0.05) is 0 Å². The molecule has 42 valence electrons. The molecule has 4 nitrogen and oxygen atoms in total. The van der Waals surface area contributed by atoms with Crippen molar-refractivity contribution < 1.29 is 19.8 Å². The molecule has 0 aliphatic heterocycles. The highest BCUT2D eigenvalue weighted by Crippen LogP contribution is 1.69. The van der Waals surface area contributed by atoms with Crippen molar-refractivity contribution in [3.05, 3.63) is 0 Å². The van der Waals surface area contributed by atoms with Crippen molar-refractivity contribution in [1.29, 1.82) is 0 Å². The maximum Gasteiger partial charge on any atom is 0.470 e. The predicted octanol–water partition coefficient (Wildman–Crippen LogP) is -1.81. The average Bonchev–Trinajstić information content (AvgIpc) is 1.69. The van der Waals surface area contributed by atoms with Crippen LogP contribution in [-0.2, 0) is 9.69 Å². The highest BCUT2D eigenvalue weighted by molar-refractivity contribution is 6.15. The molecular formula is C2H7BO4. The molecule has 0 aromatic rings. The Labute approximate surface area is 41.9 Å². The molecule has 0 amide bonds. The Bertz CT molecular complexity index is 28.9. The smallest absolute Gasteiger partial charge is 0.428 e. The minimum absolute atomic E-state index is 0.0972. The quantitative estimate of drug-likeness (QED) is 0.192. The molecule has 0 saturated carbocycles. The van der Waals surface area contributed by atoms with Gasteiger partial charge in [0.15, 0.2) is 0 Å². The minimum Gasteiger partial charge on any atom is -0.428 e. The molecule has 2 N–H and O–H groups in total. The van der Waals surface area contributed by atoms with E-state index in [0.717, 1.165) is 0 Å². The van der Waals surface area contributed by atoms with Gasteiger partial charge in [0.1, 0.15) is 6.61 Å². The largest absolute Gasteiger partial charge is 0.470 e. The molecule has 0 aromatic carbocycles. The number of hydrogen-bond acceptors (Lipinski definition) is 4. The van der Waals surface area contributed by atoms with E-state index in [1.807, 2.05) is 0 Å². The Balaban J connectivity index is 2.45. The maximum atomic E-state index is 8.01. The summed E-state index contributed by atoms with van der Waals surface area (Å²) in [6, 6.07) is 0. The first kappa shape index (κ1) is 6.90. The SMILES string of the molecule is OBOOCCO. The number of rotatable bonds is 4. The Morgan fingerprint density at radius 3 is 2.71 bits per heavy atom. The summed E-state index contributed by atoms with van der Waals surface area (Å²) >= 11 is 0. The van der Waals surface area contributed by atoms with Crippen LogP contribution >= 0.6 is 0 Å². The Morgan fingerprint density at radius 1 is 1.57 bits per heavy atom. The third-order valence-corrected chi connectivity index (χ3v) is 0.311. The van der Waals surface area contributed by atoms with Crippen molar-refractivity contribution in [2.24, 2.45) is 0 Å². The zero-order valence-corrected chi connectivity index (χ0v) is 3.83. The van der Waals surface area contributed by atoms with E-state index in [-0.39, 0.29) is 13.2 Å². The zero-order chi connectivity index (χ0) is 5.54. The van der Waals surface area contributed by atoms with Crippen LogP contribution in [0.15, 0.2) is 0 Å². The van der Waals surface area contributed by atoms with E-state index < -0.39 is 7.69 Å². The Hall–Kier alpha value is -0.0951. The lowest BCUT2D eigenvalue weighted by atomic mass is 10.4. The topological polar surface area (TPSA) is 58.9 Å². The second-order valence-electron chi connectivity index (χ2n) is 0.793. The molecule has 0 aromatic heterocycles. The van der Waals surface area contributed by atoms with E-state index in [0.29, 0.717) is 0 Å². The lowest BCUT2D eigenvalue weighted by Crippen LogP contribution is -2.03. The fourth-order valence-corrected chi connectivity index (χ4v) is 0.133. The fraction of sp³-hybridized carbons (Fsp3) is 1.00. The Kier molecular flexibility index (Phi) is 5.82. The lowest BCUT2D eigenvalue weighted by Gasteiger charge is -1.93. The lowest BCUT2D eigenvalue weighted by molar-refractivity contribution is -0.221. The van der Waals surface area contributed by atoms with E-state index >= 15 is 0 Å². The summed E-state index contributed by atoms with van der Waals surface area (Å²) in [5.74, 6) is 0. The van der Waals surface area contributed by atoms with Gasteiger partial charge < -0.3 is 10.1 Å². The van der Waals surface area contributed by atoms with Crippen LogP contribution in [-0.4, -0.2) is 31.0 Å². The summed E-state index contributed by atoms with van der Waals surface area (Å²) < 4.78 is 0. The number of hydrogen-bond donors (Lipinski definition) is 2. The highest BCUT2D eigenvalue weighted by Gasteiger charge is 1.82. The zero-order valence-electron chi connectivity index (χ0n) is 3.83. The van der Waals surface area contributed by atoms with E-state index in [2.05, 4.69) is 9.69 Å². The number of aliphatic hydroxyl groups excluding tert-OH is 1. The fourth-order valence-electron chi connectivity index (χ4n) is 0.133. The Morgan fingerprint density at radius 2 is 2.29 bits per heavy atom. The van der Waals surface area contributed by atoms with Gasteiger partial charge in [0, 0.05) is 0 Å². The van der Waals surface area contributed by atoms with E-state index in [9.17, 15) is 0 Å². The van der Waals surface area contributed by atoms with Gasteiger partial charge in [-0.3, -0.25) is 4.81 Å². The van der Waals surface area contributed by atoms with Crippen LogP contribution in [0.5, 0.6) is 0 Å². The molecule has 0 rings (SSSR count). The van der Waals surface area contributed by atoms with Crippen molar-refractivity contribution >= 4 is 7.69 Å². The first-order valence-corrected chi connectivity index (χ1v) is 1.88. The van der Waals surface area contributed by atoms with Crippen molar-refractivity contribution in [3.63, 3.8) is 0 Å². The van der Waals surface area contributed by atoms with Gasteiger partial charge in [0.05, 0.1) is 6.61 Å². The molecule has 0 atom stereocenters. The normalized spacial score (nSPS) is 8.86. The molecule has 7 heavy (non-hydrogen) atoms. The first-order valence-electron chi connectivity index (χ1n) is 1.88. The van der Waals surface area contributed by atoms with Gasteiger partial charge in [0.2, 0.25) is 0 Å². The summed E-state index contributed by atoms with van der Waals surface area (Å²) in [5.41, 5.74) is 0. The third-order valence-electron chi connectivity index (χ3n) is 0.311. The van der Waals surface area contributed by atoms with Crippen LogP contribution in [0.25, 0.3) is 0 Å². The summed E-state index contributed by atoms with van der Waals surface area (Å²) in [4.78, 5) is 8.10. The van der Waals surface area contributed by atoms with Gasteiger partial charge >= 0.3 is 7.69 Å². The van der Waals surface area contributed by atoms with E-state index in [1.54, 1.807) is 0 Å². The highest BCUT2D eigenvalue weighted by atomic mass is 17.2. The second-order valence-corrected chi connectivity index (χ2v) is 0.793. The second kappa shape index (κ2) is 5.90. The van der Waals surface area contributed by atoms with Crippen LogP contribution in [0.4, 0.5) is 0 Å². The molecule has 0 fully saturated rings. The monoisotopic (exact) mass is 106 g/mol.